The second-order valence-electron chi connectivity index (χ2n) is 5.90. The molecule has 0 bridgehead atoms. The van der Waals surface area contributed by atoms with E-state index in [-0.39, 0.29) is 24.0 Å². The lowest BCUT2D eigenvalue weighted by molar-refractivity contribution is 0.212. The van der Waals surface area contributed by atoms with Crippen LogP contribution in [0.3, 0.4) is 0 Å². The molecule has 0 saturated heterocycles. The van der Waals surface area contributed by atoms with Crippen LogP contribution in [-0.4, -0.2) is 31.9 Å². The summed E-state index contributed by atoms with van der Waals surface area (Å²) in [7, 11) is -3.56. The molecule has 4 nitrogen and oxygen atoms in total. The summed E-state index contributed by atoms with van der Waals surface area (Å²) in [6.45, 7) is -0.123. The normalized spacial score (nSPS) is 26.9. The minimum Gasteiger partial charge on any atom is -0.396 e. The number of benzene rings is 2. The van der Waals surface area contributed by atoms with E-state index in [0.717, 1.165) is 10.0 Å². The molecule has 6 heteroatoms. The van der Waals surface area contributed by atoms with Gasteiger partial charge in [-0.25, -0.2) is 8.42 Å². The van der Waals surface area contributed by atoms with E-state index in [1.807, 2.05) is 24.3 Å². The fourth-order valence-corrected chi connectivity index (χ4v) is 6.11. The summed E-state index contributed by atoms with van der Waals surface area (Å²) >= 11 is 3.38. The predicted octanol–water partition coefficient (Wildman–Crippen LogP) is 2.33. The number of nitrogens with two attached hydrogens (primary N) is 1. The molecule has 2 aromatic rings. The number of hydrogen-bond acceptors (Lipinski definition) is 4. The Labute approximate surface area is 144 Å². The van der Waals surface area contributed by atoms with Crippen LogP contribution in [-0.2, 0) is 9.84 Å². The van der Waals surface area contributed by atoms with Crippen LogP contribution in [0.4, 0.5) is 0 Å². The predicted molar refractivity (Wildman–Crippen MR) is 92.9 cm³/mol. The number of sulfone groups is 1. The fraction of sp³-hybridized carbons (Fsp3) is 0.294. The molecule has 3 N–H and O–H groups in total. The molecule has 1 aliphatic rings. The van der Waals surface area contributed by atoms with E-state index >= 15 is 0 Å². The summed E-state index contributed by atoms with van der Waals surface area (Å²) in [5, 5.41) is 9.17. The van der Waals surface area contributed by atoms with Gasteiger partial charge < -0.3 is 10.8 Å². The van der Waals surface area contributed by atoms with Crippen molar-refractivity contribution >= 4 is 25.8 Å². The third-order valence-electron chi connectivity index (χ3n) is 4.69. The van der Waals surface area contributed by atoms with Gasteiger partial charge in [-0.05, 0) is 29.8 Å². The molecule has 1 aliphatic carbocycles. The van der Waals surface area contributed by atoms with Gasteiger partial charge in [-0.1, -0.05) is 46.3 Å². The molecule has 23 heavy (non-hydrogen) atoms. The van der Waals surface area contributed by atoms with Crippen molar-refractivity contribution in [1.82, 2.24) is 0 Å². The second kappa shape index (κ2) is 6.02. The van der Waals surface area contributed by atoms with Gasteiger partial charge in [0, 0.05) is 22.4 Å². The number of hydrogen-bond donors (Lipinski definition) is 2. The summed E-state index contributed by atoms with van der Waals surface area (Å²) in [4.78, 5) is 0.274. The largest absolute Gasteiger partial charge is 0.396 e. The summed E-state index contributed by atoms with van der Waals surface area (Å²) in [5.41, 5.74) is 5.94. The summed E-state index contributed by atoms with van der Waals surface area (Å²) in [5.74, 6) is -0.296. The lowest BCUT2D eigenvalue weighted by Gasteiger charge is -2.12. The van der Waals surface area contributed by atoms with Crippen molar-refractivity contribution in [1.29, 1.82) is 0 Å². The van der Waals surface area contributed by atoms with Gasteiger partial charge in [0.15, 0.2) is 9.84 Å². The highest BCUT2D eigenvalue weighted by Crippen LogP contribution is 2.63. The van der Waals surface area contributed by atoms with Crippen molar-refractivity contribution in [2.24, 2.45) is 11.1 Å². The number of aliphatic hydroxyl groups excluding tert-OH is 1. The fourth-order valence-electron chi connectivity index (χ4n) is 3.37. The van der Waals surface area contributed by atoms with Crippen LogP contribution >= 0.6 is 15.9 Å². The van der Waals surface area contributed by atoms with Crippen LogP contribution in [0, 0.1) is 5.41 Å². The lowest BCUT2D eigenvalue weighted by Crippen LogP contribution is -2.27. The maximum Gasteiger partial charge on any atom is 0.182 e. The minimum atomic E-state index is -3.56. The van der Waals surface area contributed by atoms with Crippen LogP contribution in [0.1, 0.15) is 11.5 Å². The van der Waals surface area contributed by atoms with Crippen molar-refractivity contribution in [3.63, 3.8) is 0 Å². The molecule has 3 atom stereocenters. The maximum atomic E-state index is 13.0. The summed E-state index contributed by atoms with van der Waals surface area (Å²) < 4.78 is 26.9. The van der Waals surface area contributed by atoms with Crippen LogP contribution in [0.15, 0.2) is 64.0 Å². The molecule has 0 heterocycles. The maximum absolute atomic E-state index is 13.0. The monoisotopic (exact) mass is 395 g/mol. The van der Waals surface area contributed by atoms with Crippen LogP contribution in [0.5, 0.6) is 0 Å². The molecule has 3 rings (SSSR count). The van der Waals surface area contributed by atoms with Crippen LogP contribution < -0.4 is 5.73 Å². The molecule has 1 saturated carbocycles. The van der Waals surface area contributed by atoms with Crippen LogP contribution in [0.2, 0.25) is 0 Å². The molecule has 0 radical (unpaired) electrons. The van der Waals surface area contributed by atoms with Crippen LogP contribution in [0.25, 0.3) is 0 Å². The number of rotatable bonds is 5. The Kier molecular flexibility index (Phi) is 4.35. The smallest absolute Gasteiger partial charge is 0.182 e. The summed E-state index contributed by atoms with van der Waals surface area (Å²) in [6, 6.07) is 15.9. The zero-order valence-corrected chi connectivity index (χ0v) is 14.8. The lowest BCUT2D eigenvalue weighted by atomic mass is 10.0. The molecular formula is C17H18BrNO3S. The van der Waals surface area contributed by atoms with E-state index in [9.17, 15) is 13.5 Å². The zero-order valence-electron chi connectivity index (χ0n) is 12.4. The molecule has 1 fully saturated rings. The summed E-state index contributed by atoms with van der Waals surface area (Å²) in [6.07, 6.45) is 0. The molecule has 2 aromatic carbocycles. The van der Waals surface area contributed by atoms with Gasteiger partial charge >= 0.3 is 0 Å². The Morgan fingerprint density at radius 3 is 2.22 bits per heavy atom. The molecular weight excluding hydrogens is 378 g/mol. The van der Waals surface area contributed by atoms with Gasteiger partial charge in [0.2, 0.25) is 0 Å². The van der Waals surface area contributed by atoms with Crippen molar-refractivity contribution < 1.29 is 13.5 Å². The van der Waals surface area contributed by atoms with E-state index in [1.54, 1.807) is 30.3 Å². The SMILES string of the molecule is NC[C@@]1(CO)[C@H](S(=O)(=O)c2ccccc2)[C@@H]1c1ccc(Br)cc1. The molecule has 0 amide bonds. The second-order valence-corrected chi connectivity index (χ2v) is 8.89. The van der Waals surface area contributed by atoms with E-state index in [4.69, 9.17) is 5.73 Å². The molecule has 0 unspecified atom stereocenters. The first-order valence-corrected chi connectivity index (χ1v) is 9.66. The quantitative estimate of drug-likeness (QED) is 0.813. The van der Waals surface area contributed by atoms with E-state index in [1.165, 1.54) is 0 Å². The van der Waals surface area contributed by atoms with Gasteiger partial charge in [-0.3, -0.25) is 0 Å². The molecule has 122 valence electrons. The number of halogens is 1. The Bertz CT molecular complexity index is 786. The Balaban J connectivity index is 2.05. The molecule has 0 aromatic heterocycles. The Hall–Kier alpha value is -1.21. The third kappa shape index (κ3) is 2.63. The van der Waals surface area contributed by atoms with Crippen molar-refractivity contribution in [2.45, 2.75) is 16.1 Å². The molecule has 0 spiro atoms. The zero-order chi connectivity index (χ0) is 16.7. The number of aliphatic hydroxyl groups is 1. The van der Waals surface area contributed by atoms with Gasteiger partial charge in [-0.2, -0.15) is 0 Å². The highest BCUT2D eigenvalue weighted by molar-refractivity contribution is 9.10. The molecule has 0 aliphatic heterocycles. The topological polar surface area (TPSA) is 80.4 Å². The average molecular weight is 396 g/mol. The average Bonchev–Trinajstić information content (AvgIpc) is 3.27. The van der Waals surface area contributed by atoms with Crippen molar-refractivity contribution in [3.8, 4) is 0 Å². The standard InChI is InChI=1S/C17H18BrNO3S/c18-13-8-6-12(7-9-13)15-16(17(15,10-19)11-20)23(21,22)14-4-2-1-3-5-14/h1-9,15-16,20H,10-11,19H2/t15-,16+,17-/m0/s1. The highest BCUT2D eigenvalue weighted by Gasteiger charge is 2.70. The minimum absolute atomic E-state index is 0.126. The van der Waals surface area contributed by atoms with Crippen molar-refractivity contribution in [2.75, 3.05) is 13.2 Å². The first-order valence-electron chi connectivity index (χ1n) is 7.33. The van der Waals surface area contributed by atoms with Gasteiger partial charge in [0.05, 0.1) is 16.8 Å². The Morgan fingerprint density at radius 2 is 1.70 bits per heavy atom. The first kappa shape index (κ1) is 16.6. The van der Waals surface area contributed by atoms with Crippen molar-refractivity contribution in [3.05, 3.63) is 64.6 Å². The van der Waals surface area contributed by atoms with E-state index in [0.29, 0.717) is 0 Å². The van der Waals surface area contributed by atoms with Gasteiger partial charge in [0.1, 0.15) is 0 Å². The Morgan fingerprint density at radius 1 is 1.09 bits per heavy atom. The van der Waals surface area contributed by atoms with Gasteiger partial charge in [-0.15, -0.1) is 0 Å². The highest BCUT2D eigenvalue weighted by atomic mass is 79.9. The third-order valence-corrected chi connectivity index (χ3v) is 7.56. The van der Waals surface area contributed by atoms with E-state index in [2.05, 4.69) is 15.9 Å². The van der Waals surface area contributed by atoms with Gasteiger partial charge in [0.25, 0.3) is 0 Å². The van der Waals surface area contributed by atoms with E-state index < -0.39 is 20.5 Å². The first-order chi connectivity index (χ1) is 11.0.